The molecule has 164 valence electrons. The van der Waals surface area contributed by atoms with Gasteiger partial charge in [-0.25, -0.2) is 4.21 Å². The van der Waals surface area contributed by atoms with E-state index in [1.807, 2.05) is 42.5 Å². The molecule has 8 heteroatoms. The second-order valence-electron chi connectivity index (χ2n) is 7.14. The zero-order valence-electron chi connectivity index (χ0n) is 17.3. The molecule has 3 aromatic carbocycles. The zero-order chi connectivity index (χ0) is 22.8. The van der Waals surface area contributed by atoms with Gasteiger partial charge in [0.1, 0.15) is 16.6 Å². The fourth-order valence-electron chi connectivity index (χ4n) is 3.52. The summed E-state index contributed by atoms with van der Waals surface area (Å²) in [4.78, 5) is 13.2. The van der Waals surface area contributed by atoms with Crippen molar-refractivity contribution >= 4 is 56.6 Å². The average Bonchev–Trinajstić information content (AvgIpc) is 3.11. The van der Waals surface area contributed by atoms with E-state index in [1.54, 1.807) is 25.5 Å². The molecule has 1 unspecified atom stereocenters. The van der Waals surface area contributed by atoms with E-state index in [9.17, 15) is 9.00 Å². The van der Waals surface area contributed by atoms with E-state index in [4.69, 9.17) is 32.4 Å². The highest BCUT2D eigenvalue weighted by molar-refractivity contribution is 7.85. The number of nitrogens with one attached hydrogen (secondary N) is 1. The maximum absolute atomic E-state index is 13.2. The molecule has 0 amide bonds. The molecule has 32 heavy (non-hydrogen) atoms. The predicted molar refractivity (Wildman–Crippen MR) is 130 cm³/mol. The van der Waals surface area contributed by atoms with Crippen LogP contribution in [0.5, 0.6) is 0 Å². The van der Waals surface area contributed by atoms with Crippen LogP contribution in [0.2, 0.25) is 10.0 Å². The summed E-state index contributed by atoms with van der Waals surface area (Å²) in [6.07, 6.45) is 1.57. The number of hydrogen-bond acceptors (Lipinski definition) is 4. The van der Waals surface area contributed by atoms with Crippen molar-refractivity contribution in [3.05, 3.63) is 87.6 Å². The lowest BCUT2D eigenvalue weighted by molar-refractivity contribution is 0.100. The van der Waals surface area contributed by atoms with E-state index >= 15 is 0 Å². The number of rotatable bonds is 7. The SMILES string of the molecule is COCc1c(C(=O)c2ccc(Cl)cc2Cl)oc2cc(-c3cccc(NS(C)=O)c3)ccc12. The van der Waals surface area contributed by atoms with Crippen LogP contribution in [-0.4, -0.2) is 23.4 Å². The molecule has 0 saturated carbocycles. The number of furan rings is 1. The molecule has 4 rings (SSSR count). The smallest absolute Gasteiger partial charge is 0.230 e. The number of fused-ring (bicyclic) bond motifs is 1. The van der Waals surface area contributed by atoms with Gasteiger partial charge in [0.25, 0.3) is 0 Å². The summed E-state index contributed by atoms with van der Waals surface area (Å²) in [5, 5.41) is 1.49. The second-order valence-corrected chi connectivity index (χ2v) is 9.10. The van der Waals surface area contributed by atoms with Crippen LogP contribution in [0.25, 0.3) is 22.1 Å². The molecule has 0 radical (unpaired) electrons. The molecule has 1 N–H and O–H groups in total. The molecule has 1 aromatic heterocycles. The van der Waals surface area contributed by atoms with Crippen LogP contribution in [0.15, 0.2) is 65.1 Å². The van der Waals surface area contributed by atoms with E-state index in [0.717, 1.165) is 22.2 Å². The summed E-state index contributed by atoms with van der Waals surface area (Å²) >= 11 is 12.2. The Bertz CT molecular complexity index is 1350. The van der Waals surface area contributed by atoms with Crippen LogP contribution in [0.3, 0.4) is 0 Å². The Labute approximate surface area is 197 Å². The maximum atomic E-state index is 13.2. The van der Waals surface area contributed by atoms with Crippen LogP contribution >= 0.6 is 23.2 Å². The van der Waals surface area contributed by atoms with Gasteiger partial charge in [0.15, 0.2) is 5.76 Å². The monoisotopic (exact) mass is 487 g/mol. The fraction of sp³-hybridized carbons (Fsp3) is 0.125. The summed E-state index contributed by atoms with van der Waals surface area (Å²) in [7, 11) is 0.391. The number of halogens is 2. The van der Waals surface area contributed by atoms with Crippen molar-refractivity contribution in [3.8, 4) is 11.1 Å². The number of hydrogen-bond donors (Lipinski definition) is 1. The highest BCUT2D eigenvalue weighted by Crippen LogP contribution is 2.34. The van der Waals surface area contributed by atoms with Crippen LogP contribution in [0.4, 0.5) is 5.69 Å². The molecule has 0 aliphatic heterocycles. The van der Waals surface area contributed by atoms with Gasteiger partial charge in [-0.3, -0.25) is 4.79 Å². The quantitative estimate of drug-likeness (QED) is 0.302. The highest BCUT2D eigenvalue weighted by Gasteiger charge is 2.24. The van der Waals surface area contributed by atoms with Gasteiger partial charge >= 0.3 is 0 Å². The van der Waals surface area contributed by atoms with Gasteiger partial charge in [0.05, 0.1) is 11.6 Å². The fourth-order valence-corrected chi connectivity index (χ4v) is 4.48. The molecule has 0 aliphatic carbocycles. The van der Waals surface area contributed by atoms with Crippen molar-refractivity contribution in [1.82, 2.24) is 0 Å². The minimum atomic E-state index is -1.17. The van der Waals surface area contributed by atoms with E-state index in [2.05, 4.69) is 4.72 Å². The summed E-state index contributed by atoms with van der Waals surface area (Å²) in [5.41, 5.74) is 4.07. The molecule has 0 fully saturated rings. The molecule has 0 saturated heterocycles. The first-order valence-electron chi connectivity index (χ1n) is 9.62. The standard InChI is InChI=1S/C24H19Cl2NO4S/c1-30-13-20-18-8-6-15(14-4-3-5-17(10-14)27-32(2)29)11-22(18)31-24(20)23(28)19-9-7-16(25)12-21(19)26/h3-12,27H,13H2,1-2H3. The first-order chi connectivity index (χ1) is 15.4. The topological polar surface area (TPSA) is 68.5 Å². The van der Waals surface area contributed by atoms with E-state index in [0.29, 0.717) is 21.7 Å². The molecule has 0 aliphatic rings. The van der Waals surface area contributed by atoms with Gasteiger partial charge in [-0.15, -0.1) is 0 Å². The Hall–Kier alpha value is -2.64. The zero-order valence-corrected chi connectivity index (χ0v) is 19.6. The minimum absolute atomic E-state index is 0.181. The molecule has 4 aromatic rings. The first kappa shape index (κ1) is 22.6. The number of carbonyl (C=O) groups excluding carboxylic acids is 1. The molecule has 0 bridgehead atoms. The molecule has 1 heterocycles. The lowest BCUT2D eigenvalue weighted by Gasteiger charge is -2.06. The molecule has 5 nitrogen and oxygen atoms in total. The summed E-state index contributed by atoms with van der Waals surface area (Å²) in [6, 6.07) is 18.0. The predicted octanol–water partition coefficient (Wildman–Crippen LogP) is 6.49. The lowest BCUT2D eigenvalue weighted by atomic mass is 10.0. The number of ketones is 1. The molecule has 1 atom stereocenters. The third-order valence-electron chi connectivity index (χ3n) is 4.92. The van der Waals surface area contributed by atoms with Crippen LogP contribution in [-0.2, 0) is 22.3 Å². The third-order valence-corrected chi connectivity index (χ3v) is 5.99. The third kappa shape index (κ3) is 4.59. The van der Waals surface area contributed by atoms with Gasteiger partial charge in [-0.05, 0) is 47.5 Å². The van der Waals surface area contributed by atoms with Gasteiger partial charge < -0.3 is 13.9 Å². The Morgan fingerprint density at radius 1 is 1.06 bits per heavy atom. The first-order valence-corrected chi connectivity index (χ1v) is 11.9. The highest BCUT2D eigenvalue weighted by atomic mass is 35.5. The average molecular weight is 488 g/mol. The number of anilines is 1. The Morgan fingerprint density at radius 2 is 1.84 bits per heavy atom. The Morgan fingerprint density at radius 3 is 2.56 bits per heavy atom. The lowest BCUT2D eigenvalue weighted by Crippen LogP contribution is -2.04. The Kier molecular flexibility index (Phi) is 6.67. The Balaban J connectivity index is 1.80. The van der Waals surface area contributed by atoms with E-state index in [-0.39, 0.29) is 23.2 Å². The van der Waals surface area contributed by atoms with Gasteiger partial charge in [0, 0.05) is 40.6 Å². The van der Waals surface area contributed by atoms with Gasteiger partial charge in [-0.1, -0.05) is 47.5 Å². The van der Waals surface area contributed by atoms with Crippen molar-refractivity contribution in [2.45, 2.75) is 6.61 Å². The van der Waals surface area contributed by atoms with Crippen molar-refractivity contribution in [3.63, 3.8) is 0 Å². The van der Waals surface area contributed by atoms with Gasteiger partial charge in [-0.2, -0.15) is 0 Å². The normalized spacial score (nSPS) is 12.1. The van der Waals surface area contributed by atoms with E-state index < -0.39 is 11.0 Å². The van der Waals surface area contributed by atoms with E-state index in [1.165, 1.54) is 6.07 Å². The largest absolute Gasteiger partial charge is 0.452 e. The second kappa shape index (κ2) is 9.46. The number of benzene rings is 3. The minimum Gasteiger partial charge on any atom is -0.452 e. The molecule has 0 spiro atoms. The molecular formula is C24H19Cl2NO4S. The number of carbonyl (C=O) groups is 1. The number of methoxy groups -OCH3 is 1. The summed E-state index contributed by atoms with van der Waals surface area (Å²) in [5.74, 6) is -0.159. The molecular weight excluding hydrogens is 469 g/mol. The van der Waals surface area contributed by atoms with Crippen LogP contribution in [0.1, 0.15) is 21.7 Å². The maximum Gasteiger partial charge on any atom is 0.230 e. The van der Waals surface area contributed by atoms with Crippen molar-refractivity contribution < 1.29 is 18.2 Å². The van der Waals surface area contributed by atoms with Crippen molar-refractivity contribution in [2.24, 2.45) is 0 Å². The summed E-state index contributed by atoms with van der Waals surface area (Å²) in [6.45, 7) is 0.209. The van der Waals surface area contributed by atoms with Crippen LogP contribution in [0, 0.1) is 0 Å². The number of ether oxygens (including phenoxy) is 1. The summed E-state index contributed by atoms with van der Waals surface area (Å²) < 4.78 is 25.7. The van der Waals surface area contributed by atoms with Crippen molar-refractivity contribution in [2.75, 3.05) is 18.1 Å². The van der Waals surface area contributed by atoms with Gasteiger partial charge in [0.2, 0.25) is 5.78 Å². The van der Waals surface area contributed by atoms with Crippen LogP contribution < -0.4 is 4.72 Å². The van der Waals surface area contributed by atoms with Crippen molar-refractivity contribution in [1.29, 1.82) is 0 Å².